The number of amides is 1. The summed E-state index contributed by atoms with van der Waals surface area (Å²) in [4.78, 5) is 37.4. The average Bonchev–Trinajstić information content (AvgIpc) is 2.70. The Morgan fingerprint density at radius 1 is 1.07 bits per heavy atom. The van der Waals surface area contributed by atoms with Crippen molar-refractivity contribution in [3.8, 4) is 5.69 Å². The van der Waals surface area contributed by atoms with Crippen molar-refractivity contribution in [2.24, 2.45) is 11.8 Å². The van der Waals surface area contributed by atoms with Crippen LogP contribution in [0.5, 0.6) is 0 Å². The Kier molecular flexibility index (Phi) is 5.12. The lowest BCUT2D eigenvalue weighted by Crippen LogP contribution is -2.40. The lowest BCUT2D eigenvalue weighted by molar-refractivity contribution is -0.144. The molecule has 3 aromatic rings. The second-order valence-electron chi connectivity index (χ2n) is 7.29. The van der Waals surface area contributed by atoms with Crippen molar-refractivity contribution in [1.29, 1.82) is 0 Å². The van der Waals surface area contributed by atoms with E-state index in [0.717, 1.165) is 19.3 Å². The molecule has 1 unspecified atom stereocenters. The maximum Gasteiger partial charge on any atom is 0.308 e. The first-order valence-corrected chi connectivity index (χ1v) is 9.65. The quantitative estimate of drug-likeness (QED) is 0.673. The molecule has 2 N–H and O–H groups in total. The second-order valence-corrected chi connectivity index (χ2v) is 7.29. The molecule has 1 heterocycles. The number of benzene rings is 2. The summed E-state index contributed by atoms with van der Waals surface area (Å²) in [7, 11) is 0. The Labute approximate surface area is 167 Å². The highest BCUT2D eigenvalue weighted by Gasteiger charge is 2.33. The smallest absolute Gasteiger partial charge is 0.308 e. The van der Waals surface area contributed by atoms with Crippen LogP contribution in [0.4, 0.5) is 0 Å². The maximum absolute atomic E-state index is 12.9. The normalized spacial score (nSPS) is 14.9. The Morgan fingerprint density at radius 3 is 2.34 bits per heavy atom. The lowest BCUT2D eigenvalue weighted by atomic mass is 9.76. The summed E-state index contributed by atoms with van der Waals surface area (Å²) in [6.45, 7) is 0.0410. The van der Waals surface area contributed by atoms with Crippen LogP contribution in [0.25, 0.3) is 16.5 Å². The van der Waals surface area contributed by atoms with E-state index in [4.69, 9.17) is 0 Å². The van der Waals surface area contributed by atoms with Gasteiger partial charge in [0.15, 0.2) is 5.69 Å². The van der Waals surface area contributed by atoms with Gasteiger partial charge in [0.25, 0.3) is 11.5 Å². The minimum atomic E-state index is -0.901. The molecule has 29 heavy (non-hydrogen) atoms. The summed E-state index contributed by atoms with van der Waals surface area (Å²) in [6, 6.07) is 15.7. The number of nitrogens with zero attached hydrogens (tertiary/aromatic N) is 2. The molecule has 148 valence electrons. The van der Waals surface area contributed by atoms with Gasteiger partial charge in [0.05, 0.1) is 17.0 Å². The number of carbonyl (C=O) groups is 2. The molecule has 1 amide bonds. The van der Waals surface area contributed by atoms with E-state index in [1.165, 1.54) is 4.68 Å². The highest BCUT2D eigenvalue weighted by Crippen LogP contribution is 2.33. The number of carboxylic acid groups (broad SMARTS) is 1. The monoisotopic (exact) mass is 391 g/mol. The van der Waals surface area contributed by atoms with E-state index in [9.17, 15) is 19.5 Å². The molecule has 7 heteroatoms. The van der Waals surface area contributed by atoms with Crippen LogP contribution in [-0.2, 0) is 4.79 Å². The molecular weight excluding hydrogens is 370 g/mol. The van der Waals surface area contributed by atoms with Gasteiger partial charge in [-0.05, 0) is 37.0 Å². The molecule has 0 bridgehead atoms. The van der Waals surface area contributed by atoms with Gasteiger partial charge in [-0.15, -0.1) is 0 Å². The minimum absolute atomic E-state index is 0.0410. The number of fused-ring (bicyclic) bond motifs is 1. The fraction of sp³-hybridized carbons (Fsp3) is 0.273. The Bertz CT molecular complexity index is 1120. The summed E-state index contributed by atoms with van der Waals surface area (Å²) in [5, 5.41) is 17.3. The third-order valence-electron chi connectivity index (χ3n) is 5.54. The summed E-state index contributed by atoms with van der Waals surface area (Å²) in [6.07, 6.45) is 2.76. The first kappa shape index (κ1) is 18.9. The van der Waals surface area contributed by atoms with Gasteiger partial charge in [-0.25, -0.2) is 0 Å². The zero-order chi connectivity index (χ0) is 20.4. The maximum atomic E-state index is 12.9. The van der Waals surface area contributed by atoms with Crippen LogP contribution in [0.15, 0.2) is 59.4 Å². The van der Waals surface area contributed by atoms with Crippen LogP contribution in [0.2, 0.25) is 0 Å². The van der Waals surface area contributed by atoms with E-state index in [-0.39, 0.29) is 23.7 Å². The number of aromatic nitrogens is 2. The first-order valence-electron chi connectivity index (χ1n) is 9.65. The van der Waals surface area contributed by atoms with E-state index < -0.39 is 17.8 Å². The molecule has 1 aromatic heterocycles. The topological polar surface area (TPSA) is 101 Å². The van der Waals surface area contributed by atoms with E-state index in [1.807, 2.05) is 6.07 Å². The van der Waals surface area contributed by atoms with E-state index in [1.54, 1.807) is 48.5 Å². The lowest BCUT2D eigenvalue weighted by Gasteiger charge is -2.31. The molecule has 2 aromatic carbocycles. The van der Waals surface area contributed by atoms with Crippen LogP contribution in [0, 0.1) is 11.8 Å². The van der Waals surface area contributed by atoms with E-state index >= 15 is 0 Å². The Balaban J connectivity index is 1.70. The number of aliphatic carboxylic acids is 1. The highest BCUT2D eigenvalue weighted by atomic mass is 16.4. The largest absolute Gasteiger partial charge is 0.481 e. The third kappa shape index (κ3) is 3.63. The van der Waals surface area contributed by atoms with Gasteiger partial charge in [0.2, 0.25) is 0 Å². The molecule has 1 atom stereocenters. The number of carboxylic acids is 1. The molecule has 1 fully saturated rings. The molecule has 1 aliphatic rings. The number of hydrogen-bond acceptors (Lipinski definition) is 4. The highest BCUT2D eigenvalue weighted by molar-refractivity contribution is 6.05. The summed E-state index contributed by atoms with van der Waals surface area (Å²) in [5.74, 6) is -1.91. The second kappa shape index (κ2) is 7.87. The minimum Gasteiger partial charge on any atom is -0.481 e. The molecule has 0 radical (unpaired) electrons. The van der Waals surface area contributed by atoms with E-state index in [0.29, 0.717) is 16.5 Å². The number of nitrogens with one attached hydrogen (secondary N) is 1. The van der Waals surface area contributed by atoms with Gasteiger partial charge in [-0.1, -0.05) is 42.8 Å². The van der Waals surface area contributed by atoms with Gasteiger partial charge < -0.3 is 10.4 Å². The van der Waals surface area contributed by atoms with Crippen LogP contribution < -0.4 is 10.9 Å². The molecule has 1 aliphatic carbocycles. The van der Waals surface area contributed by atoms with Crippen molar-refractivity contribution in [2.45, 2.75) is 19.3 Å². The SMILES string of the molecule is O=C(NCC(C(=O)O)C1CCC1)c1nn(-c2ccccc2)c(=O)c2ccccc12. The molecule has 0 spiro atoms. The van der Waals surface area contributed by atoms with Crippen molar-refractivity contribution < 1.29 is 14.7 Å². The standard InChI is InChI=1S/C22H21N3O4/c26-20(23-13-18(22(28)29)14-7-6-8-14)19-16-11-4-5-12-17(16)21(27)25(24-19)15-9-2-1-3-10-15/h1-5,9-12,14,18H,6-8,13H2,(H,23,26)(H,28,29). The predicted molar refractivity (Wildman–Crippen MR) is 108 cm³/mol. The fourth-order valence-electron chi connectivity index (χ4n) is 3.69. The summed E-state index contributed by atoms with van der Waals surface area (Å²) >= 11 is 0. The van der Waals surface area contributed by atoms with Gasteiger partial charge in [0, 0.05) is 11.9 Å². The molecule has 0 saturated heterocycles. The van der Waals surface area contributed by atoms with Crippen LogP contribution >= 0.6 is 0 Å². The van der Waals surface area contributed by atoms with Crippen LogP contribution in [0.1, 0.15) is 29.8 Å². The fourth-order valence-corrected chi connectivity index (χ4v) is 3.69. The van der Waals surface area contributed by atoms with Crippen molar-refractivity contribution in [2.75, 3.05) is 6.54 Å². The van der Waals surface area contributed by atoms with Crippen molar-refractivity contribution in [3.05, 3.63) is 70.6 Å². The molecule has 7 nitrogen and oxygen atoms in total. The van der Waals surface area contributed by atoms with Gasteiger partial charge in [-0.2, -0.15) is 9.78 Å². The van der Waals surface area contributed by atoms with Gasteiger partial charge in [-0.3, -0.25) is 14.4 Å². The average molecular weight is 391 g/mol. The molecule has 0 aliphatic heterocycles. The first-order chi connectivity index (χ1) is 14.1. The van der Waals surface area contributed by atoms with Crippen molar-refractivity contribution in [1.82, 2.24) is 15.1 Å². The zero-order valence-electron chi connectivity index (χ0n) is 15.7. The van der Waals surface area contributed by atoms with Crippen molar-refractivity contribution >= 4 is 22.6 Å². The number of rotatable bonds is 6. The van der Waals surface area contributed by atoms with Crippen LogP contribution in [-0.4, -0.2) is 33.3 Å². The summed E-state index contributed by atoms with van der Waals surface area (Å²) in [5.41, 5.74) is 0.332. The Hall–Kier alpha value is -3.48. The molecular formula is C22H21N3O4. The van der Waals surface area contributed by atoms with Crippen molar-refractivity contribution in [3.63, 3.8) is 0 Å². The molecule has 1 saturated carbocycles. The van der Waals surface area contributed by atoms with Crippen LogP contribution in [0.3, 0.4) is 0 Å². The van der Waals surface area contributed by atoms with Gasteiger partial charge >= 0.3 is 5.97 Å². The number of hydrogen-bond donors (Lipinski definition) is 2. The number of para-hydroxylation sites is 1. The molecule has 4 rings (SSSR count). The van der Waals surface area contributed by atoms with E-state index in [2.05, 4.69) is 10.4 Å². The predicted octanol–water partition coefficient (Wildman–Crippen LogP) is 2.62. The Morgan fingerprint density at radius 2 is 1.72 bits per heavy atom. The number of carbonyl (C=O) groups excluding carboxylic acids is 1. The third-order valence-corrected chi connectivity index (χ3v) is 5.54. The summed E-state index contributed by atoms with van der Waals surface area (Å²) < 4.78 is 1.21. The zero-order valence-corrected chi connectivity index (χ0v) is 15.7. The van der Waals surface area contributed by atoms with Gasteiger partial charge in [0.1, 0.15) is 0 Å².